The van der Waals surface area contributed by atoms with E-state index in [1.165, 1.54) is 12.1 Å². The second-order valence-corrected chi connectivity index (χ2v) is 7.76. The largest absolute Gasteiger partial charge is 0.478 e. The zero-order chi connectivity index (χ0) is 23.9. The van der Waals surface area contributed by atoms with Crippen molar-refractivity contribution in [1.82, 2.24) is 9.88 Å². The SMILES string of the molecule is Cc1ccccc1N1C(=O)NC(=O)C(=Cc2cc(C)n(-c3cccc(C(=O)O)c3)c2C)C1=O. The van der Waals surface area contributed by atoms with Crippen molar-refractivity contribution < 1.29 is 24.3 Å². The molecule has 8 heteroatoms. The number of amides is 4. The number of anilines is 1. The van der Waals surface area contributed by atoms with Gasteiger partial charge in [-0.3, -0.25) is 14.9 Å². The number of imide groups is 2. The van der Waals surface area contributed by atoms with Gasteiger partial charge in [-0.05, 0) is 68.3 Å². The molecule has 2 aromatic carbocycles. The lowest BCUT2D eigenvalue weighted by Gasteiger charge is -2.27. The summed E-state index contributed by atoms with van der Waals surface area (Å²) in [5.74, 6) is -2.52. The van der Waals surface area contributed by atoms with E-state index in [1.54, 1.807) is 55.5 Å². The molecule has 8 nitrogen and oxygen atoms in total. The molecule has 166 valence electrons. The summed E-state index contributed by atoms with van der Waals surface area (Å²) in [6.45, 7) is 5.42. The summed E-state index contributed by atoms with van der Waals surface area (Å²) >= 11 is 0. The summed E-state index contributed by atoms with van der Waals surface area (Å²) < 4.78 is 1.84. The van der Waals surface area contributed by atoms with Crippen LogP contribution < -0.4 is 10.2 Å². The molecule has 1 aliphatic heterocycles. The van der Waals surface area contributed by atoms with E-state index in [0.29, 0.717) is 28.2 Å². The Hall–Kier alpha value is -4.46. The first-order chi connectivity index (χ1) is 15.7. The number of hydrogen-bond donors (Lipinski definition) is 2. The number of benzene rings is 2. The average molecular weight is 443 g/mol. The van der Waals surface area contributed by atoms with Crippen LogP contribution in [0, 0.1) is 20.8 Å². The number of para-hydroxylation sites is 1. The van der Waals surface area contributed by atoms with Crippen molar-refractivity contribution in [2.75, 3.05) is 4.90 Å². The number of aromatic nitrogens is 1. The number of carbonyl (C=O) groups is 4. The number of hydrogen-bond acceptors (Lipinski definition) is 4. The van der Waals surface area contributed by atoms with E-state index in [1.807, 2.05) is 18.4 Å². The minimum atomic E-state index is -1.04. The molecule has 0 spiro atoms. The Morgan fingerprint density at radius 3 is 2.39 bits per heavy atom. The number of rotatable bonds is 4. The van der Waals surface area contributed by atoms with Crippen LogP contribution in [0.1, 0.15) is 32.9 Å². The normalized spacial score (nSPS) is 15.2. The lowest BCUT2D eigenvalue weighted by atomic mass is 10.1. The second kappa shape index (κ2) is 8.23. The first-order valence-electron chi connectivity index (χ1n) is 10.2. The second-order valence-electron chi connectivity index (χ2n) is 7.76. The highest BCUT2D eigenvalue weighted by molar-refractivity contribution is 6.39. The van der Waals surface area contributed by atoms with Crippen LogP contribution in [0.3, 0.4) is 0 Å². The summed E-state index contributed by atoms with van der Waals surface area (Å²) in [7, 11) is 0. The van der Waals surface area contributed by atoms with Crippen LogP contribution in [0.2, 0.25) is 0 Å². The van der Waals surface area contributed by atoms with Crippen molar-refractivity contribution in [1.29, 1.82) is 0 Å². The van der Waals surface area contributed by atoms with E-state index in [9.17, 15) is 24.3 Å². The number of aryl methyl sites for hydroxylation is 2. The third-order valence-corrected chi connectivity index (χ3v) is 5.58. The third kappa shape index (κ3) is 3.82. The highest BCUT2D eigenvalue weighted by atomic mass is 16.4. The summed E-state index contributed by atoms with van der Waals surface area (Å²) in [6.07, 6.45) is 1.45. The van der Waals surface area contributed by atoms with Gasteiger partial charge in [-0.25, -0.2) is 14.5 Å². The van der Waals surface area contributed by atoms with Crippen LogP contribution in [0.15, 0.2) is 60.2 Å². The van der Waals surface area contributed by atoms with Crippen LogP contribution >= 0.6 is 0 Å². The molecule has 0 saturated carbocycles. The smallest absolute Gasteiger partial charge is 0.335 e. The molecule has 1 aliphatic rings. The van der Waals surface area contributed by atoms with Gasteiger partial charge in [-0.15, -0.1) is 0 Å². The van der Waals surface area contributed by atoms with Gasteiger partial charge in [0.1, 0.15) is 5.57 Å². The predicted octanol–water partition coefficient (Wildman–Crippen LogP) is 3.77. The fraction of sp³-hybridized carbons (Fsp3) is 0.120. The maximum absolute atomic E-state index is 13.2. The Morgan fingerprint density at radius 2 is 1.70 bits per heavy atom. The van der Waals surface area contributed by atoms with Crippen LogP contribution in [0.25, 0.3) is 11.8 Å². The van der Waals surface area contributed by atoms with E-state index in [2.05, 4.69) is 5.32 Å². The van der Waals surface area contributed by atoms with Gasteiger partial charge in [-0.2, -0.15) is 0 Å². The van der Waals surface area contributed by atoms with Crippen LogP contribution in [-0.4, -0.2) is 33.5 Å². The fourth-order valence-corrected chi connectivity index (χ4v) is 3.96. The van der Waals surface area contributed by atoms with E-state index < -0.39 is 23.8 Å². The summed E-state index contributed by atoms with van der Waals surface area (Å²) in [5, 5.41) is 11.5. The van der Waals surface area contributed by atoms with E-state index in [-0.39, 0.29) is 11.1 Å². The average Bonchev–Trinajstić information content (AvgIpc) is 3.05. The number of urea groups is 1. The summed E-state index contributed by atoms with van der Waals surface area (Å²) in [5.41, 5.74) is 3.84. The quantitative estimate of drug-likeness (QED) is 0.471. The molecule has 4 rings (SSSR count). The molecule has 0 aliphatic carbocycles. The first kappa shape index (κ1) is 21.8. The van der Waals surface area contributed by atoms with Crippen molar-refractivity contribution in [3.8, 4) is 5.69 Å². The molecule has 0 unspecified atom stereocenters. The molecule has 33 heavy (non-hydrogen) atoms. The monoisotopic (exact) mass is 443 g/mol. The molecule has 4 amide bonds. The highest BCUT2D eigenvalue weighted by Crippen LogP contribution is 2.27. The minimum Gasteiger partial charge on any atom is -0.478 e. The molecular weight excluding hydrogens is 422 g/mol. The Morgan fingerprint density at radius 1 is 0.970 bits per heavy atom. The standard InChI is InChI=1S/C25H21N3O5/c1-14-7-4-5-10-21(14)28-23(30)20(22(29)26-25(28)33)13-18-11-15(2)27(16(18)3)19-9-6-8-17(12-19)24(31)32/h4-13H,1-3H3,(H,31,32)(H,26,29,33). The number of nitrogens with one attached hydrogen (secondary N) is 1. The van der Waals surface area contributed by atoms with Crippen molar-refractivity contribution in [2.24, 2.45) is 0 Å². The lowest BCUT2D eigenvalue weighted by molar-refractivity contribution is -0.122. The van der Waals surface area contributed by atoms with E-state index in [0.717, 1.165) is 10.6 Å². The molecular formula is C25H21N3O5. The number of carbonyl (C=O) groups excluding carboxylic acids is 3. The Kier molecular flexibility index (Phi) is 5.43. The number of carboxylic acid groups (broad SMARTS) is 1. The fourth-order valence-electron chi connectivity index (χ4n) is 3.96. The number of nitrogens with zero attached hydrogens (tertiary/aromatic N) is 2. The predicted molar refractivity (Wildman–Crippen MR) is 122 cm³/mol. The summed E-state index contributed by atoms with van der Waals surface area (Å²) in [4.78, 5) is 50.5. The Labute approximate surface area is 189 Å². The van der Waals surface area contributed by atoms with Gasteiger partial charge in [0, 0.05) is 17.1 Å². The maximum atomic E-state index is 13.2. The number of barbiturate groups is 1. The maximum Gasteiger partial charge on any atom is 0.335 e. The van der Waals surface area contributed by atoms with Gasteiger partial charge < -0.3 is 9.67 Å². The lowest BCUT2D eigenvalue weighted by Crippen LogP contribution is -2.54. The van der Waals surface area contributed by atoms with Gasteiger partial charge in [-0.1, -0.05) is 24.3 Å². The van der Waals surface area contributed by atoms with E-state index in [4.69, 9.17) is 0 Å². The first-order valence-corrected chi connectivity index (χ1v) is 10.2. The Balaban J connectivity index is 1.78. The zero-order valence-electron chi connectivity index (χ0n) is 18.2. The molecule has 3 aromatic rings. The van der Waals surface area contributed by atoms with Crippen LogP contribution in [-0.2, 0) is 9.59 Å². The third-order valence-electron chi connectivity index (χ3n) is 5.58. The molecule has 1 aromatic heterocycles. The van der Waals surface area contributed by atoms with Gasteiger partial charge >= 0.3 is 12.0 Å². The van der Waals surface area contributed by atoms with Gasteiger partial charge in [0.05, 0.1) is 11.3 Å². The zero-order valence-corrected chi connectivity index (χ0v) is 18.2. The van der Waals surface area contributed by atoms with Gasteiger partial charge in [0.15, 0.2) is 0 Å². The van der Waals surface area contributed by atoms with Gasteiger partial charge in [0.25, 0.3) is 11.8 Å². The molecule has 0 radical (unpaired) electrons. The number of carboxylic acids is 1. The van der Waals surface area contributed by atoms with Crippen LogP contribution in [0.4, 0.5) is 10.5 Å². The topological polar surface area (TPSA) is 109 Å². The van der Waals surface area contributed by atoms with E-state index >= 15 is 0 Å². The molecule has 0 bridgehead atoms. The van der Waals surface area contributed by atoms with Crippen molar-refractivity contribution in [3.05, 3.63) is 88.2 Å². The van der Waals surface area contributed by atoms with Crippen molar-refractivity contribution in [2.45, 2.75) is 20.8 Å². The molecule has 2 N–H and O–H groups in total. The molecule has 0 atom stereocenters. The molecule has 1 fully saturated rings. The van der Waals surface area contributed by atoms with Crippen LogP contribution in [0.5, 0.6) is 0 Å². The molecule has 1 saturated heterocycles. The minimum absolute atomic E-state index is 0.147. The molecule has 2 heterocycles. The summed E-state index contributed by atoms with van der Waals surface area (Å²) in [6, 6.07) is 14.4. The highest BCUT2D eigenvalue weighted by Gasteiger charge is 2.37. The van der Waals surface area contributed by atoms with Gasteiger partial charge in [0.2, 0.25) is 0 Å². The van der Waals surface area contributed by atoms with Crippen molar-refractivity contribution >= 4 is 35.6 Å². The van der Waals surface area contributed by atoms with Crippen molar-refractivity contribution in [3.63, 3.8) is 0 Å². The Bertz CT molecular complexity index is 1370. The number of aromatic carboxylic acids is 1.